The van der Waals surface area contributed by atoms with Crippen LogP contribution in [-0.2, 0) is 13.1 Å². The van der Waals surface area contributed by atoms with Crippen LogP contribution in [0.15, 0.2) is 34.9 Å². The first-order valence-electron chi connectivity index (χ1n) is 6.62. The highest BCUT2D eigenvalue weighted by atomic mass is 16.5. The Hall–Kier alpha value is -1.81. The second kappa shape index (κ2) is 6.38. The summed E-state index contributed by atoms with van der Waals surface area (Å²) < 4.78 is 5.35. The van der Waals surface area contributed by atoms with Gasteiger partial charge in [-0.25, -0.2) is 0 Å². The summed E-state index contributed by atoms with van der Waals surface area (Å²) in [5, 5.41) is 7.29. The van der Waals surface area contributed by atoms with Crippen LogP contribution < -0.4 is 10.2 Å². The van der Waals surface area contributed by atoms with Crippen LogP contribution in [0.2, 0.25) is 0 Å². The molecule has 0 aliphatic heterocycles. The van der Waals surface area contributed by atoms with Crippen LogP contribution in [-0.4, -0.2) is 18.7 Å². The number of hydrogen-bond acceptors (Lipinski definition) is 4. The maximum atomic E-state index is 5.35. The van der Waals surface area contributed by atoms with Crippen molar-refractivity contribution in [3.05, 3.63) is 47.3 Å². The van der Waals surface area contributed by atoms with Gasteiger partial charge >= 0.3 is 0 Å². The van der Waals surface area contributed by atoms with Crippen molar-refractivity contribution >= 4 is 5.69 Å². The molecule has 0 fully saturated rings. The van der Waals surface area contributed by atoms with E-state index in [4.69, 9.17) is 4.52 Å². The predicted molar refractivity (Wildman–Crippen MR) is 77.2 cm³/mol. The molecule has 0 atom stereocenters. The van der Waals surface area contributed by atoms with E-state index < -0.39 is 0 Å². The minimum atomic E-state index is 0.725. The molecule has 1 aromatic carbocycles. The van der Waals surface area contributed by atoms with Crippen molar-refractivity contribution in [2.24, 2.45) is 0 Å². The number of hydrogen-bond donors (Lipinski definition) is 1. The van der Waals surface area contributed by atoms with Crippen molar-refractivity contribution in [3.8, 4) is 0 Å². The Bertz CT molecular complexity index is 522. The molecule has 0 saturated heterocycles. The second-order valence-corrected chi connectivity index (χ2v) is 4.76. The third-order valence-corrected chi connectivity index (χ3v) is 3.00. The molecule has 0 aliphatic rings. The predicted octanol–water partition coefficient (Wildman–Crippen LogP) is 2.73. The summed E-state index contributed by atoms with van der Waals surface area (Å²) in [5.41, 5.74) is 3.40. The number of nitrogens with zero attached hydrogens (tertiary/aromatic N) is 2. The number of aryl methyl sites for hydroxylation is 1. The minimum absolute atomic E-state index is 0.725. The topological polar surface area (TPSA) is 41.3 Å². The summed E-state index contributed by atoms with van der Waals surface area (Å²) in [4.78, 5) is 2.16. The van der Waals surface area contributed by atoms with Gasteiger partial charge in [-0.05, 0) is 31.2 Å². The van der Waals surface area contributed by atoms with Crippen LogP contribution in [0, 0.1) is 6.92 Å². The summed E-state index contributed by atoms with van der Waals surface area (Å²) in [7, 11) is 2.06. The molecule has 1 N–H and O–H groups in total. The highest BCUT2D eigenvalue weighted by Crippen LogP contribution is 2.17. The lowest BCUT2D eigenvalue weighted by molar-refractivity contribution is 0.375. The van der Waals surface area contributed by atoms with Crippen LogP contribution in [0.5, 0.6) is 0 Å². The van der Waals surface area contributed by atoms with Crippen molar-refractivity contribution in [2.45, 2.75) is 26.9 Å². The van der Waals surface area contributed by atoms with Crippen LogP contribution >= 0.6 is 0 Å². The van der Waals surface area contributed by atoms with E-state index in [1.807, 2.05) is 6.07 Å². The summed E-state index contributed by atoms with van der Waals surface area (Å²) in [6.07, 6.45) is 0. The van der Waals surface area contributed by atoms with Gasteiger partial charge in [-0.1, -0.05) is 24.2 Å². The summed E-state index contributed by atoms with van der Waals surface area (Å²) >= 11 is 0. The van der Waals surface area contributed by atoms with Gasteiger partial charge in [0.05, 0.1) is 12.2 Å². The third-order valence-electron chi connectivity index (χ3n) is 3.00. The van der Waals surface area contributed by atoms with Gasteiger partial charge in [0.2, 0.25) is 0 Å². The number of benzene rings is 1. The first-order valence-corrected chi connectivity index (χ1v) is 6.62. The Morgan fingerprint density at radius 2 is 2.16 bits per heavy atom. The molecular weight excluding hydrogens is 238 g/mol. The molecule has 4 nitrogen and oxygen atoms in total. The molecule has 0 amide bonds. The Morgan fingerprint density at radius 1 is 1.32 bits per heavy atom. The molecule has 2 rings (SSSR count). The van der Waals surface area contributed by atoms with Gasteiger partial charge in [-0.3, -0.25) is 0 Å². The fourth-order valence-electron chi connectivity index (χ4n) is 1.96. The highest BCUT2D eigenvalue weighted by molar-refractivity contribution is 5.47. The minimum Gasteiger partial charge on any atom is -0.367 e. The zero-order chi connectivity index (χ0) is 13.7. The molecule has 0 bridgehead atoms. The van der Waals surface area contributed by atoms with Crippen molar-refractivity contribution in [3.63, 3.8) is 0 Å². The SMILES string of the molecule is CCNCc1cc(CN(C)c2cccc(C)c2)on1. The first-order chi connectivity index (χ1) is 9.19. The maximum absolute atomic E-state index is 5.35. The van der Waals surface area contributed by atoms with E-state index in [1.54, 1.807) is 0 Å². The van der Waals surface area contributed by atoms with E-state index in [-0.39, 0.29) is 0 Å². The molecule has 102 valence electrons. The standard InChI is InChI=1S/C15H21N3O/c1-4-16-10-13-9-15(19-17-13)11-18(3)14-7-5-6-12(2)8-14/h5-9,16H,4,10-11H2,1-3H3. The molecule has 0 unspecified atom stereocenters. The molecule has 4 heteroatoms. The molecular formula is C15H21N3O. The van der Waals surface area contributed by atoms with Crippen LogP contribution in [0.1, 0.15) is 23.9 Å². The normalized spacial score (nSPS) is 10.7. The molecule has 1 heterocycles. The van der Waals surface area contributed by atoms with Crippen molar-refractivity contribution < 1.29 is 4.52 Å². The Labute approximate surface area is 114 Å². The molecule has 1 aromatic heterocycles. The second-order valence-electron chi connectivity index (χ2n) is 4.76. The van der Waals surface area contributed by atoms with Crippen LogP contribution in [0.4, 0.5) is 5.69 Å². The van der Waals surface area contributed by atoms with Crippen molar-refractivity contribution in [1.29, 1.82) is 0 Å². The maximum Gasteiger partial charge on any atom is 0.156 e. The van der Waals surface area contributed by atoms with Gasteiger partial charge < -0.3 is 14.7 Å². The lowest BCUT2D eigenvalue weighted by Crippen LogP contribution is -2.16. The lowest BCUT2D eigenvalue weighted by Gasteiger charge is -2.17. The van der Waals surface area contributed by atoms with E-state index in [1.165, 1.54) is 11.3 Å². The largest absolute Gasteiger partial charge is 0.367 e. The molecule has 19 heavy (non-hydrogen) atoms. The van der Waals surface area contributed by atoms with Gasteiger partial charge in [0.1, 0.15) is 0 Å². The van der Waals surface area contributed by atoms with Crippen molar-refractivity contribution in [2.75, 3.05) is 18.5 Å². The van der Waals surface area contributed by atoms with E-state index in [0.717, 1.165) is 31.1 Å². The number of rotatable bonds is 6. The Kier molecular flexibility index (Phi) is 4.58. The third kappa shape index (κ3) is 3.83. The fraction of sp³-hybridized carbons (Fsp3) is 0.400. The zero-order valence-electron chi connectivity index (χ0n) is 11.8. The van der Waals surface area contributed by atoms with E-state index in [9.17, 15) is 0 Å². The quantitative estimate of drug-likeness (QED) is 0.866. The van der Waals surface area contributed by atoms with Gasteiger partial charge in [0.25, 0.3) is 0 Å². The Morgan fingerprint density at radius 3 is 2.89 bits per heavy atom. The molecule has 0 radical (unpaired) electrons. The van der Waals surface area contributed by atoms with Crippen molar-refractivity contribution in [1.82, 2.24) is 10.5 Å². The monoisotopic (exact) mass is 259 g/mol. The van der Waals surface area contributed by atoms with Gasteiger partial charge in [0, 0.05) is 25.3 Å². The van der Waals surface area contributed by atoms with Gasteiger partial charge in [-0.2, -0.15) is 0 Å². The molecule has 0 spiro atoms. The summed E-state index contributed by atoms with van der Waals surface area (Å²) in [6.45, 7) is 6.59. The lowest BCUT2D eigenvalue weighted by atomic mass is 10.2. The summed E-state index contributed by atoms with van der Waals surface area (Å²) in [6, 6.07) is 10.4. The van der Waals surface area contributed by atoms with Crippen LogP contribution in [0.25, 0.3) is 0 Å². The van der Waals surface area contributed by atoms with Gasteiger partial charge in [-0.15, -0.1) is 0 Å². The number of aromatic nitrogens is 1. The first kappa shape index (κ1) is 13.6. The van der Waals surface area contributed by atoms with Gasteiger partial charge in [0.15, 0.2) is 5.76 Å². The highest BCUT2D eigenvalue weighted by Gasteiger charge is 2.08. The fourth-order valence-corrected chi connectivity index (χ4v) is 1.96. The number of anilines is 1. The smallest absolute Gasteiger partial charge is 0.156 e. The zero-order valence-corrected chi connectivity index (χ0v) is 11.8. The average Bonchev–Trinajstić information content (AvgIpc) is 2.84. The van der Waals surface area contributed by atoms with E-state index in [0.29, 0.717) is 0 Å². The summed E-state index contributed by atoms with van der Waals surface area (Å²) in [5.74, 6) is 0.886. The molecule has 0 saturated carbocycles. The van der Waals surface area contributed by atoms with Crippen LogP contribution in [0.3, 0.4) is 0 Å². The molecule has 0 aliphatic carbocycles. The van der Waals surface area contributed by atoms with E-state index >= 15 is 0 Å². The number of nitrogens with one attached hydrogen (secondary N) is 1. The van der Waals surface area contributed by atoms with E-state index in [2.05, 4.69) is 60.5 Å². The average molecular weight is 259 g/mol. The molecule has 2 aromatic rings. The Balaban J connectivity index is 1.98.